The van der Waals surface area contributed by atoms with Gasteiger partial charge in [-0.1, -0.05) is 46.8 Å². The van der Waals surface area contributed by atoms with Crippen molar-refractivity contribution in [1.82, 2.24) is 14.8 Å². The van der Waals surface area contributed by atoms with E-state index in [4.69, 9.17) is 4.42 Å². The van der Waals surface area contributed by atoms with Crippen molar-refractivity contribution >= 4 is 28.6 Å². The van der Waals surface area contributed by atoms with Gasteiger partial charge in [0.15, 0.2) is 5.58 Å². The van der Waals surface area contributed by atoms with Crippen molar-refractivity contribution < 1.29 is 14.0 Å². The Hall–Kier alpha value is -3.39. The fourth-order valence-corrected chi connectivity index (χ4v) is 3.75. The molecule has 2 aromatic carbocycles. The molecule has 188 valence electrons. The Kier molecular flexibility index (Phi) is 7.85. The fourth-order valence-electron chi connectivity index (χ4n) is 3.75. The van der Waals surface area contributed by atoms with E-state index >= 15 is 0 Å². The standard InChI is InChI=1S/C27H36N4O4/c1-17(2)23(29-24(32)18-8-10-19(11-9-18)27(3,4)5)25(33)28-20-12-13-22-21(16-20)31(26(34)35-22)15-14-30(6)7/h8-13,16-17,23H,14-15H2,1-7H3,(H,28,33)(H,29,32). The molecular weight excluding hydrogens is 444 g/mol. The highest BCUT2D eigenvalue weighted by atomic mass is 16.4. The summed E-state index contributed by atoms with van der Waals surface area (Å²) < 4.78 is 6.88. The van der Waals surface area contributed by atoms with Crippen LogP contribution in [-0.2, 0) is 16.8 Å². The van der Waals surface area contributed by atoms with Crippen molar-refractivity contribution in [3.63, 3.8) is 0 Å². The third-order valence-electron chi connectivity index (χ3n) is 5.95. The van der Waals surface area contributed by atoms with Gasteiger partial charge in [0.25, 0.3) is 5.91 Å². The highest BCUT2D eigenvalue weighted by molar-refractivity contribution is 6.01. The van der Waals surface area contributed by atoms with E-state index in [9.17, 15) is 14.4 Å². The van der Waals surface area contributed by atoms with Crippen LogP contribution in [-0.4, -0.2) is 48.0 Å². The Balaban J connectivity index is 1.76. The Bertz CT molecular complexity index is 1250. The number of oxazole rings is 1. The minimum atomic E-state index is -0.735. The summed E-state index contributed by atoms with van der Waals surface area (Å²) in [6, 6.07) is 11.8. The van der Waals surface area contributed by atoms with Crippen LogP contribution in [0.1, 0.15) is 50.5 Å². The molecule has 8 heteroatoms. The summed E-state index contributed by atoms with van der Waals surface area (Å²) in [4.78, 5) is 40.2. The minimum absolute atomic E-state index is 0.0110. The maximum absolute atomic E-state index is 13.1. The van der Waals surface area contributed by atoms with Crippen LogP contribution >= 0.6 is 0 Å². The van der Waals surface area contributed by atoms with Crippen LogP contribution in [0.15, 0.2) is 51.7 Å². The summed E-state index contributed by atoms with van der Waals surface area (Å²) in [5.74, 6) is -1.20. The summed E-state index contributed by atoms with van der Waals surface area (Å²) in [6.45, 7) is 11.2. The molecule has 0 fully saturated rings. The number of hydrogen-bond donors (Lipinski definition) is 2. The fraction of sp³-hybridized carbons (Fsp3) is 0.444. The maximum atomic E-state index is 13.1. The van der Waals surface area contributed by atoms with Gasteiger partial charge >= 0.3 is 5.76 Å². The average molecular weight is 481 g/mol. The van der Waals surface area contributed by atoms with Crippen molar-refractivity contribution in [3.05, 3.63) is 64.1 Å². The van der Waals surface area contributed by atoms with E-state index in [0.29, 0.717) is 35.4 Å². The molecule has 0 spiro atoms. The predicted molar refractivity (Wildman–Crippen MR) is 139 cm³/mol. The molecular formula is C27H36N4O4. The third-order valence-corrected chi connectivity index (χ3v) is 5.95. The van der Waals surface area contributed by atoms with Crippen molar-refractivity contribution in [1.29, 1.82) is 0 Å². The number of rotatable bonds is 8. The monoisotopic (exact) mass is 480 g/mol. The predicted octanol–water partition coefficient (Wildman–Crippen LogP) is 3.85. The molecule has 0 bridgehead atoms. The van der Waals surface area contributed by atoms with Crippen LogP contribution in [0.3, 0.4) is 0 Å². The number of benzene rings is 2. The molecule has 0 radical (unpaired) electrons. The van der Waals surface area contributed by atoms with Gasteiger partial charge in [-0.25, -0.2) is 4.79 Å². The number of likely N-dealkylation sites (N-methyl/N-ethyl adjacent to an activating group) is 1. The summed E-state index contributed by atoms with van der Waals surface area (Å²) in [6.07, 6.45) is 0. The normalized spacial score (nSPS) is 12.8. The largest absolute Gasteiger partial charge is 0.419 e. The average Bonchev–Trinajstić information content (AvgIpc) is 3.09. The first kappa shape index (κ1) is 26.2. The zero-order chi connectivity index (χ0) is 25.9. The summed E-state index contributed by atoms with van der Waals surface area (Å²) in [7, 11) is 3.86. The molecule has 0 saturated heterocycles. The molecule has 0 saturated carbocycles. The van der Waals surface area contributed by atoms with Gasteiger partial charge in [-0.3, -0.25) is 14.2 Å². The van der Waals surface area contributed by atoms with Crippen LogP contribution < -0.4 is 16.4 Å². The number of nitrogens with zero attached hydrogens (tertiary/aromatic N) is 2. The molecule has 3 rings (SSSR count). The van der Waals surface area contributed by atoms with Gasteiger partial charge < -0.3 is 20.0 Å². The Morgan fingerprint density at radius 2 is 1.71 bits per heavy atom. The van der Waals surface area contributed by atoms with Crippen LogP contribution in [0.2, 0.25) is 0 Å². The molecule has 1 atom stereocenters. The molecule has 8 nitrogen and oxygen atoms in total. The summed E-state index contributed by atoms with van der Waals surface area (Å²) in [5, 5.41) is 5.75. The Labute approximate surface area is 206 Å². The van der Waals surface area contributed by atoms with Crippen LogP contribution in [0.25, 0.3) is 11.1 Å². The highest BCUT2D eigenvalue weighted by Crippen LogP contribution is 2.23. The SMILES string of the molecule is CC(C)C(NC(=O)c1ccc(C(C)(C)C)cc1)C(=O)Nc1ccc2oc(=O)n(CCN(C)C)c2c1. The van der Waals surface area contributed by atoms with Gasteiger partial charge in [0.05, 0.1) is 5.52 Å². The maximum Gasteiger partial charge on any atom is 0.419 e. The highest BCUT2D eigenvalue weighted by Gasteiger charge is 2.25. The molecule has 35 heavy (non-hydrogen) atoms. The van der Waals surface area contributed by atoms with E-state index in [-0.39, 0.29) is 23.1 Å². The molecule has 1 heterocycles. The minimum Gasteiger partial charge on any atom is -0.408 e. The first-order valence-electron chi connectivity index (χ1n) is 11.9. The molecule has 2 N–H and O–H groups in total. The third kappa shape index (κ3) is 6.39. The first-order valence-corrected chi connectivity index (χ1v) is 11.9. The number of carbonyl (C=O) groups excluding carboxylic acids is 2. The lowest BCUT2D eigenvalue weighted by molar-refractivity contribution is -0.118. The van der Waals surface area contributed by atoms with Crippen molar-refractivity contribution in [2.24, 2.45) is 5.92 Å². The van der Waals surface area contributed by atoms with E-state index in [1.54, 1.807) is 34.9 Å². The topological polar surface area (TPSA) is 96.6 Å². The quantitative estimate of drug-likeness (QED) is 0.511. The number of carbonyl (C=O) groups is 2. The lowest BCUT2D eigenvalue weighted by Gasteiger charge is -2.22. The Morgan fingerprint density at radius 3 is 2.29 bits per heavy atom. The van der Waals surface area contributed by atoms with Gasteiger partial charge in [-0.15, -0.1) is 0 Å². The lowest BCUT2D eigenvalue weighted by atomic mass is 9.86. The number of hydrogen-bond acceptors (Lipinski definition) is 5. The number of aromatic nitrogens is 1. The van der Waals surface area contributed by atoms with Gasteiger partial charge in [0.1, 0.15) is 6.04 Å². The van der Waals surface area contributed by atoms with Crippen molar-refractivity contribution in [3.8, 4) is 0 Å². The molecule has 1 aromatic heterocycles. The Morgan fingerprint density at radius 1 is 1.06 bits per heavy atom. The van der Waals surface area contributed by atoms with E-state index in [1.165, 1.54) is 0 Å². The van der Waals surface area contributed by atoms with Crippen LogP contribution in [0.5, 0.6) is 0 Å². The number of fused-ring (bicyclic) bond motifs is 1. The molecule has 0 aliphatic rings. The summed E-state index contributed by atoms with van der Waals surface area (Å²) >= 11 is 0. The van der Waals surface area contributed by atoms with Crippen molar-refractivity contribution in [2.75, 3.05) is 26.0 Å². The number of amides is 2. The van der Waals surface area contributed by atoms with E-state index < -0.39 is 11.8 Å². The molecule has 0 aliphatic carbocycles. The van der Waals surface area contributed by atoms with Gasteiger partial charge in [-0.05, 0) is 61.3 Å². The molecule has 0 aliphatic heterocycles. The zero-order valence-corrected chi connectivity index (χ0v) is 21.6. The van der Waals surface area contributed by atoms with E-state index in [1.807, 2.05) is 45.0 Å². The number of nitrogens with one attached hydrogen (secondary N) is 2. The number of anilines is 1. The van der Waals surface area contributed by atoms with E-state index in [0.717, 1.165) is 5.56 Å². The van der Waals surface area contributed by atoms with Gasteiger partial charge in [-0.2, -0.15) is 0 Å². The summed E-state index contributed by atoms with van der Waals surface area (Å²) in [5.41, 5.74) is 3.21. The van der Waals surface area contributed by atoms with Crippen LogP contribution in [0, 0.1) is 5.92 Å². The van der Waals surface area contributed by atoms with Gasteiger partial charge in [0.2, 0.25) is 5.91 Å². The van der Waals surface area contributed by atoms with Gasteiger partial charge in [0, 0.05) is 24.3 Å². The second-order valence-corrected chi connectivity index (χ2v) is 10.5. The second-order valence-electron chi connectivity index (χ2n) is 10.5. The smallest absolute Gasteiger partial charge is 0.408 e. The van der Waals surface area contributed by atoms with Crippen LogP contribution in [0.4, 0.5) is 5.69 Å². The zero-order valence-electron chi connectivity index (χ0n) is 21.6. The van der Waals surface area contributed by atoms with E-state index in [2.05, 4.69) is 31.4 Å². The lowest BCUT2D eigenvalue weighted by Crippen LogP contribution is -2.47. The molecule has 3 aromatic rings. The molecule has 1 unspecified atom stereocenters. The molecule has 2 amide bonds. The second kappa shape index (κ2) is 10.5. The first-order chi connectivity index (χ1) is 16.4. The van der Waals surface area contributed by atoms with Crippen molar-refractivity contribution in [2.45, 2.75) is 52.6 Å².